The summed E-state index contributed by atoms with van der Waals surface area (Å²) in [5.74, 6) is -0.571. The van der Waals surface area contributed by atoms with Gasteiger partial charge in [0.15, 0.2) is 0 Å². The molecule has 2 rings (SSSR count). The largest absolute Gasteiger partial charge is 0.501 e. The average molecular weight is 316 g/mol. The van der Waals surface area contributed by atoms with Crippen molar-refractivity contribution in [3.8, 4) is 5.75 Å². The number of nitrogens with one attached hydrogen (secondary N) is 1. The van der Waals surface area contributed by atoms with Gasteiger partial charge < -0.3 is 14.8 Å². The van der Waals surface area contributed by atoms with E-state index < -0.39 is 11.7 Å². The van der Waals surface area contributed by atoms with Crippen LogP contribution in [0.1, 0.15) is 23.0 Å². The second-order valence-electron chi connectivity index (χ2n) is 4.50. The Morgan fingerprint density at radius 3 is 2.91 bits per heavy atom. The molecule has 1 heterocycles. The number of ether oxygens (including phenoxy) is 2. The van der Waals surface area contributed by atoms with Crippen LogP contribution in [0.2, 0.25) is 0 Å². The van der Waals surface area contributed by atoms with E-state index in [0.29, 0.717) is 23.7 Å². The monoisotopic (exact) mass is 316 g/mol. The van der Waals surface area contributed by atoms with Crippen molar-refractivity contribution in [2.24, 2.45) is 0 Å². The number of benzene rings is 1. The number of pyridine rings is 1. The molecule has 0 unspecified atom stereocenters. The fourth-order valence-corrected chi connectivity index (χ4v) is 1.91. The number of hydrogen-bond acceptors (Lipinski definition) is 4. The Labute approximate surface area is 133 Å². The molecule has 0 spiro atoms. The lowest BCUT2D eigenvalue weighted by Crippen LogP contribution is -2.15. The molecular weight excluding hydrogens is 299 g/mol. The van der Waals surface area contributed by atoms with E-state index in [-0.39, 0.29) is 5.56 Å². The number of hydrogen-bond donors (Lipinski definition) is 1. The van der Waals surface area contributed by atoms with Gasteiger partial charge in [-0.15, -0.1) is 0 Å². The summed E-state index contributed by atoms with van der Waals surface area (Å²) in [7, 11) is 1.50. The third-order valence-electron chi connectivity index (χ3n) is 2.97. The summed E-state index contributed by atoms with van der Waals surface area (Å²) in [4.78, 5) is 16.4. The summed E-state index contributed by atoms with van der Waals surface area (Å²) < 4.78 is 23.7. The van der Waals surface area contributed by atoms with Crippen LogP contribution in [0.3, 0.4) is 0 Å². The summed E-state index contributed by atoms with van der Waals surface area (Å²) in [6, 6.07) is 8.09. The highest BCUT2D eigenvalue weighted by Gasteiger charge is 2.14. The van der Waals surface area contributed by atoms with Crippen LogP contribution in [-0.2, 0) is 4.74 Å². The number of rotatable bonds is 6. The molecule has 0 aliphatic rings. The minimum Gasteiger partial charge on any atom is -0.501 e. The quantitative estimate of drug-likeness (QED) is 0.829. The van der Waals surface area contributed by atoms with Crippen molar-refractivity contribution in [3.63, 3.8) is 0 Å². The minimum atomic E-state index is -0.594. The van der Waals surface area contributed by atoms with Gasteiger partial charge in [-0.2, -0.15) is 0 Å². The Balaban J connectivity index is 2.29. The average Bonchev–Trinajstić information content (AvgIpc) is 2.56. The van der Waals surface area contributed by atoms with Gasteiger partial charge in [0.25, 0.3) is 5.91 Å². The number of amides is 1. The Morgan fingerprint density at radius 1 is 1.39 bits per heavy atom. The summed E-state index contributed by atoms with van der Waals surface area (Å²) >= 11 is 0. The fraction of sp³-hybridized carbons (Fsp3) is 0.176. The van der Waals surface area contributed by atoms with E-state index in [9.17, 15) is 9.18 Å². The van der Waals surface area contributed by atoms with E-state index in [1.54, 1.807) is 24.3 Å². The second-order valence-corrected chi connectivity index (χ2v) is 4.50. The smallest absolute Gasteiger partial charge is 0.258 e. The number of anilines is 1. The van der Waals surface area contributed by atoms with E-state index >= 15 is 0 Å². The predicted octanol–water partition coefficient (Wildman–Crippen LogP) is 3.49. The summed E-state index contributed by atoms with van der Waals surface area (Å²) in [5.41, 5.74) is 0.906. The van der Waals surface area contributed by atoms with Crippen molar-refractivity contribution in [1.82, 2.24) is 4.98 Å². The zero-order chi connectivity index (χ0) is 16.7. The summed E-state index contributed by atoms with van der Waals surface area (Å²) in [5, 5.41) is 2.69. The lowest BCUT2D eigenvalue weighted by atomic mass is 10.1. The zero-order valence-corrected chi connectivity index (χ0v) is 12.9. The summed E-state index contributed by atoms with van der Waals surface area (Å²) in [6.07, 6.45) is 3.98. The van der Waals surface area contributed by atoms with Crippen LogP contribution in [0.15, 0.2) is 42.8 Å². The normalized spacial score (nSPS) is 10.6. The molecular formula is C17H17FN2O3. The molecule has 1 aromatic heterocycles. The van der Waals surface area contributed by atoms with Crippen LogP contribution in [0.4, 0.5) is 10.1 Å². The molecule has 120 valence electrons. The first-order chi connectivity index (χ1) is 11.2. The van der Waals surface area contributed by atoms with Crippen molar-refractivity contribution < 1.29 is 18.7 Å². The molecule has 5 nitrogen and oxygen atoms in total. The van der Waals surface area contributed by atoms with Crippen molar-refractivity contribution >= 4 is 17.7 Å². The molecule has 0 saturated carbocycles. The number of aromatic nitrogens is 1. The molecule has 23 heavy (non-hydrogen) atoms. The Morgan fingerprint density at radius 2 is 2.17 bits per heavy atom. The van der Waals surface area contributed by atoms with Crippen LogP contribution in [-0.4, -0.2) is 24.6 Å². The van der Waals surface area contributed by atoms with Gasteiger partial charge in [0, 0.05) is 0 Å². The molecule has 0 saturated heterocycles. The number of halogens is 1. The van der Waals surface area contributed by atoms with E-state index in [1.165, 1.54) is 19.4 Å². The zero-order valence-electron chi connectivity index (χ0n) is 12.9. The Hall–Kier alpha value is -2.89. The van der Waals surface area contributed by atoms with E-state index in [2.05, 4.69) is 10.3 Å². The number of nitrogens with zero attached hydrogens (tertiary/aromatic N) is 1. The second kappa shape index (κ2) is 7.93. The molecule has 1 amide bonds. The van der Waals surface area contributed by atoms with Gasteiger partial charge in [0.1, 0.15) is 11.6 Å². The molecule has 0 aliphatic carbocycles. The maximum Gasteiger partial charge on any atom is 0.258 e. The third-order valence-corrected chi connectivity index (χ3v) is 2.97. The first-order valence-corrected chi connectivity index (χ1v) is 7.03. The molecule has 0 atom stereocenters. The van der Waals surface area contributed by atoms with Gasteiger partial charge in [0.2, 0.25) is 0 Å². The molecule has 0 bridgehead atoms. The highest BCUT2D eigenvalue weighted by Crippen LogP contribution is 2.24. The molecule has 0 fully saturated rings. The van der Waals surface area contributed by atoms with Crippen molar-refractivity contribution in [1.29, 1.82) is 0 Å². The van der Waals surface area contributed by atoms with E-state index in [0.717, 1.165) is 12.3 Å². The van der Waals surface area contributed by atoms with E-state index in [4.69, 9.17) is 9.47 Å². The summed E-state index contributed by atoms with van der Waals surface area (Å²) in [6.45, 7) is 2.32. The number of methoxy groups -OCH3 is 1. The van der Waals surface area contributed by atoms with Gasteiger partial charge in [-0.1, -0.05) is 12.1 Å². The van der Waals surface area contributed by atoms with Crippen molar-refractivity contribution in [3.05, 3.63) is 59.9 Å². The standard InChI is InChI=1S/C17H17FN2O3/c1-3-23-9-8-14-13(10-12(18)11-19-14)17(21)20-15-6-4-5-7-16(15)22-2/h4-11H,3H2,1-2H3,(H,20,21). The van der Waals surface area contributed by atoms with Gasteiger partial charge in [-0.3, -0.25) is 9.78 Å². The molecule has 1 N–H and O–H groups in total. The van der Waals surface area contributed by atoms with Crippen LogP contribution in [0, 0.1) is 5.82 Å². The van der Waals surface area contributed by atoms with Gasteiger partial charge in [-0.25, -0.2) is 4.39 Å². The maximum absolute atomic E-state index is 13.5. The lowest BCUT2D eigenvalue weighted by molar-refractivity contribution is 0.102. The molecule has 0 aliphatic heterocycles. The van der Waals surface area contributed by atoms with Crippen LogP contribution < -0.4 is 10.1 Å². The highest BCUT2D eigenvalue weighted by molar-refractivity contribution is 6.06. The van der Waals surface area contributed by atoms with Gasteiger partial charge in [0.05, 0.1) is 43.1 Å². The van der Waals surface area contributed by atoms with Crippen LogP contribution in [0.5, 0.6) is 5.75 Å². The van der Waals surface area contributed by atoms with Crippen molar-refractivity contribution in [2.45, 2.75) is 6.92 Å². The lowest BCUT2D eigenvalue weighted by Gasteiger charge is -2.11. The molecule has 6 heteroatoms. The van der Waals surface area contributed by atoms with E-state index in [1.807, 2.05) is 6.92 Å². The minimum absolute atomic E-state index is 0.104. The number of carbonyl (C=O) groups excluding carboxylic acids is 1. The van der Waals surface area contributed by atoms with Crippen molar-refractivity contribution in [2.75, 3.05) is 19.0 Å². The topological polar surface area (TPSA) is 60.5 Å². The fourth-order valence-electron chi connectivity index (χ4n) is 1.91. The van der Waals surface area contributed by atoms with Crippen LogP contribution >= 0.6 is 0 Å². The maximum atomic E-state index is 13.5. The third kappa shape index (κ3) is 4.29. The SMILES string of the molecule is CCOC=Cc1ncc(F)cc1C(=O)Nc1ccccc1OC. The van der Waals surface area contributed by atoms with Gasteiger partial charge >= 0.3 is 0 Å². The molecule has 2 aromatic rings. The van der Waals surface area contributed by atoms with Gasteiger partial charge in [-0.05, 0) is 31.2 Å². The number of para-hydroxylation sites is 2. The number of carbonyl (C=O) groups is 1. The highest BCUT2D eigenvalue weighted by atomic mass is 19.1. The first-order valence-electron chi connectivity index (χ1n) is 7.03. The first kappa shape index (κ1) is 16.5. The predicted molar refractivity (Wildman–Crippen MR) is 85.8 cm³/mol. The molecule has 0 radical (unpaired) electrons. The van der Waals surface area contributed by atoms with Crippen LogP contribution in [0.25, 0.3) is 6.08 Å². The Bertz CT molecular complexity index is 717. The molecule has 1 aromatic carbocycles. The Kier molecular flexibility index (Phi) is 5.68.